The molecule has 11 heavy (non-hydrogen) atoms. The zero-order chi connectivity index (χ0) is 9.11. The van der Waals surface area contributed by atoms with Gasteiger partial charge in [0.05, 0.1) is 0 Å². The zero-order valence-corrected chi connectivity index (χ0v) is 7.60. The van der Waals surface area contributed by atoms with Gasteiger partial charge in [-0.2, -0.15) is 0 Å². The summed E-state index contributed by atoms with van der Waals surface area (Å²) in [6, 6.07) is 0. The molecule has 0 radical (unpaired) electrons. The molecule has 0 aliphatic carbocycles. The number of carbonyl (C=O) groups is 1. The third-order valence-corrected chi connectivity index (χ3v) is 1.25. The minimum absolute atomic E-state index is 0.833. The first kappa shape index (κ1) is 13.2. The van der Waals surface area contributed by atoms with Gasteiger partial charge in [-0.1, -0.05) is 26.2 Å². The molecule has 1 amide bonds. The zero-order valence-electron chi connectivity index (χ0n) is 6.85. The number of primary amides is 1. The number of hydrogen-bond acceptors (Lipinski definition) is 1. The van der Waals surface area contributed by atoms with Gasteiger partial charge >= 0.3 is 6.09 Å². The third kappa shape index (κ3) is 43.1. The molecule has 3 nitrogen and oxygen atoms in total. The summed E-state index contributed by atoms with van der Waals surface area (Å²) in [5.74, 6) is 0.833. The Kier molecular flexibility index (Phi) is 14.7. The van der Waals surface area contributed by atoms with Gasteiger partial charge in [0.2, 0.25) is 0 Å². The van der Waals surface area contributed by atoms with Crippen LogP contribution >= 0.6 is 11.6 Å². The molecule has 0 aromatic carbocycles. The second kappa shape index (κ2) is 12.3. The first-order valence-electron chi connectivity index (χ1n) is 3.69. The minimum Gasteiger partial charge on any atom is -0.465 e. The molecule has 4 heteroatoms. The van der Waals surface area contributed by atoms with Gasteiger partial charge in [-0.05, 0) is 6.42 Å². The first-order chi connectivity index (χ1) is 5.15. The summed E-state index contributed by atoms with van der Waals surface area (Å²) < 4.78 is 0. The van der Waals surface area contributed by atoms with Crippen molar-refractivity contribution in [2.75, 3.05) is 5.88 Å². The highest BCUT2D eigenvalue weighted by Gasteiger charge is 1.81. The second-order valence-electron chi connectivity index (χ2n) is 2.09. The fourth-order valence-corrected chi connectivity index (χ4v) is 0.710. The molecule has 0 saturated carbocycles. The Balaban J connectivity index is 0. The molecule has 0 aromatic rings. The number of carboxylic acid groups (broad SMARTS) is 1. The predicted octanol–water partition coefficient (Wildman–Crippen LogP) is 2.43. The summed E-state index contributed by atoms with van der Waals surface area (Å²) >= 11 is 5.44. The van der Waals surface area contributed by atoms with Crippen molar-refractivity contribution in [1.29, 1.82) is 0 Å². The molecule has 0 saturated heterocycles. The van der Waals surface area contributed by atoms with Crippen molar-refractivity contribution in [2.45, 2.75) is 32.6 Å². The maximum absolute atomic E-state index is 8.78. The van der Waals surface area contributed by atoms with Crippen molar-refractivity contribution in [3.63, 3.8) is 0 Å². The summed E-state index contributed by atoms with van der Waals surface area (Å²) in [5, 5.41) is 7.19. The highest BCUT2D eigenvalue weighted by Crippen LogP contribution is 1.98. The molecule has 0 unspecified atom stereocenters. The van der Waals surface area contributed by atoms with E-state index in [1.165, 1.54) is 25.7 Å². The summed E-state index contributed by atoms with van der Waals surface area (Å²) in [7, 11) is 0. The number of rotatable bonds is 4. The van der Waals surface area contributed by atoms with Gasteiger partial charge in [0.1, 0.15) is 0 Å². The number of amides is 1. The topological polar surface area (TPSA) is 63.3 Å². The third-order valence-electron chi connectivity index (χ3n) is 0.987. The highest BCUT2D eigenvalue weighted by molar-refractivity contribution is 6.17. The van der Waals surface area contributed by atoms with Crippen LogP contribution in [0.4, 0.5) is 4.79 Å². The molecule has 0 aliphatic heterocycles. The molecule has 0 aliphatic rings. The molecule has 68 valence electrons. The Hall–Kier alpha value is -0.440. The van der Waals surface area contributed by atoms with Crippen LogP contribution in [0.5, 0.6) is 0 Å². The van der Waals surface area contributed by atoms with E-state index in [9.17, 15) is 0 Å². The van der Waals surface area contributed by atoms with E-state index in [-0.39, 0.29) is 0 Å². The molecule has 0 bridgehead atoms. The van der Waals surface area contributed by atoms with E-state index in [2.05, 4.69) is 12.7 Å². The smallest absolute Gasteiger partial charge is 0.402 e. The van der Waals surface area contributed by atoms with Crippen LogP contribution in [-0.4, -0.2) is 17.1 Å². The monoisotopic (exact) mass is 181 g/mol. The van der Waals surface area contributed by atoms with Crippen LogP contribution in [-0.2, 0) is 0 Å². The van der Waals surface area contributed by atoms with E-state index in [1.807, 2.05) is 0 Å². The number of alkyl halides is 1. The van der Waals surface area contributed by atoms with E-state index in [0.29, 0.717) is 0 Å². The van der Waals surface area contributed by atoms with Crippen molar-refractivity contribution in [1.82, 2.24) is 0 Å². The maximum atomic E-state index is 8.78. The van der Waals surface area contributed by atoms with Gasteiger partial charge in [-0.25, -0.2) is 4.79 Å². The van der Waals surface area contributed by atoms with Crippen LogP contribution in [0.15, 0.2) is 0 Å². The van der Waals surface area contributed by atoms with Crippen LogP contribution in [0.3, 0.4) is 0 Å². The quantitative estimate of drug-likeness (QED) is 0.517. The first-order valence-corrected chi connectivity index (χ1v) is 4.23. The Morgan fingerprint density at radius 1 is 1.45 bits per heavy atom. The molecule has 0 aromatic heterocycles. The lowest BCUT2D eigenvalue weighted by Gasteiger charge is -1.89. The van der Waals surface area contributed by atoms with Gasteiger partial charge in [0, 0.05) is 5.88 Å². The number of nitrogens with two attached hydrogens (primary N) is 1. The highest BCUT2D eigenvalue weighted by atomic mass is 35.5. The molecular formula is C7H16ClNO2. The van der Waals surface area contributed by atoms with Crippen LogP contribution in [0.1, 0.15) is 32.6 Å². The van der Waals surface area contributed by atoms with Crippen LogP contribution in [0.2, 0.25) is 0 Å². The van der Waals surface area contributed by atoms with Crippen molar-refractivity contribution < 1.29 is 9.90 Å². The van der Waals surface area contributed by atoms with Gasteiger partial charge < -0.3 is 10.8 Å². The van der Waals surface area contributed by atoms with Gasteiger partial charge in [0.15, 0.2) is 0 Å². The fraction of sp³-hybridized carbons (Fsp3) is 0.857. The van der Waals surface area contributed by atoms with E-state index in [0.717, 1.165) is 5.88 Å². The lowest BCUT2D eigenvalue weighted by Crippen LogP contribution is -2.03. The van der Waals surface area contributed by atoms with E-state index in [1.54, 1.807) is 0 Å². The standard InChI is InChI=1S/C6H13Cl.CH3NO2/c1-2-3-4-5-6-7;2-1(3)4/h2-6H2,1H3;2H2,(H,3,4). The lowest BCUT2D eigenvalue weighted by molar-refractivity contribution is 0.205. The molecule has 0 heterocycles. The molecule has 0 atom stereocenters. The van der Waals surface area contributed by atoms with Gasteiger partial charge in [-0.3, -0.25) is 0 Å². The van der Waals surface area contributed by atoms with E-state index < -0.39 is 6.09 Å². The molecule has 0 fully saturated rings. The predicted molar refractivity (Wildman–Crippen MR) is 47.1 cm³/mol. The average Bonchev–Trinajstić information content (AvgIpc) is 1.88. The Labute approximate surface area is 72.5 Å². The summed E-state index contributed by atoms with van der Waals surface area (Å²) in [6.07, 6.45) is 3.80. The van der Waals surface area contributed by atoms with Crippen LogP contribution in [0.25, 0.3) is 0 Å². The Morgan fingerprint density at radius 2 is 1.91 bits per heavy atom. The molecular weight excluding hydrogens is 166 g/mol. The van der Waals surface area contributed by atoms with Crippen molar-refractivity contribution in [3.05, 3.63) is 0 Å². The van der Waals surface area contributed by atoms with Crippen molar-refractivity contribution in [2.24, 2.45) is 5.73 Å². The summed E-state index contributed by atoms with van der Waals surface area (Å²) in [6.45, 7) is 2.20. The number of hydrogen-bond donors (Lipinski definition) is 2. The lowest BCUT2D eigenvalue weighted by atomic mass is 10.2. The number of halogens is 1. The number of unbranched alkanes of at least 4 members (excludes halogenated alkanes) is 3. The molecule has 0 rings (SSSR count). The molecule has 0 spiro atoms. The summed E-state index contributed by atoms with van der Waals surface area (Å²) in [5.41, 5.74) is 4.03. The van der Waals surface area contributed by atoms with Gasteiger partial charge in [0.25, 0.3) is 0 Å². The SMILES string of the molecule is CCCCCCCl.NC(=O)O. The molecule has 3 N–H and O–H groups in total. The Bertz CT molecular complexity index is 80.5. The van der Waals surface area contributed by atoms with Gasteiger partial charge in [-0.15, -0.1) is 11.6 Å². The second-order valence-corrected chi connectivity index (χ2v) is 2.47. The van der Waals surface area contributed by atoms with Crippen LogP contribution < -0.4 is 5.73 Å². The Morgan fingerprint density at radius 3 is 2.18 bits per heavy atom. The van der Waals surface area contributed by atoms with E-state index >= 15 is 0 Å². The average molecular weight is 182 g/mol. The minimum atomic E-state index is -1.33. The van der Waals surface area contributed by atoms with Crippen molar-refractivity contribution in [3.8, 4) is 0 Å². The maximum Gasteiger partial charge on any atom is 0.402 e. The fourth-order valence-electron chi connectivity index (χ4n) is 0.521. The van der Waals surface area contributed by atoms with Crippen molar-refractivity contribution >= 4 is 17.7 Å². The normalized spacial score (nSPS) is 8.18. The largest absolute Gasteiger partial charge is 0.465 e. The van der Waals surface area contributed by atoms with E-state index in [4.69, 9.17) is 21.5 Å². The summed E-state index contributed by atoms with van der Waals surface area (Å²) in [4.78, 5) is 8.78. The van der Waals surface area contributed by atoms with Crippen LogP contribution in [0, 0.1) is 0 Å².